The lowest BCUT2D eigenvalue weighted by atomic mass is 9.75. The maximum Gasteiger partial charge on any atom is 0.0706 e. The predicted molar refractivity (Wildman–Crippen MR) is 78.1 cm³/mol. The molecule has 1 fully saturated rings. The zero-order valence-corrected chi connectivity index (χ0v) is 11.9. The highest BCUT2D eigenvalue weighted by Crippen LogP contribution is 2.35. The van der Waals surface area contributed by atoms with E-state index in [9.17, 15) is 0 Å². The summed E-state index contributed by atoms with van der Waals surface area (Å²) in [5.41, 5.74) is 3.05. The molecule has 2 aromatic heterocycles. The predicted octanol–water partition coefficient (Wildman–Crippen LogP) is 3.39. The molecule has 2 aromatic rings. The zero-order valence-electron chi connectivity index (χ0n) is 11.9. The molecule has 3 nitrogen and oxygen atoms in total. The zero-order chi connectivity index (χ0) is 13.3. The number of nitrogens with one attached hydrogen (secondary N) is 1. The minimum atomic E-state index is 0.544. The molecule has 0 aliphatic heterocycles. The number of nitrogens with zero attached hydrogens (tertiary/aromatic N) is 2. The number of rotatable bonds is 3. The Morgan fingerprint density at radius 1 is 1.32 bits per heavy atom. The minimum Gasteiger partial charge on any atom is -0.310 e. The Kier molecular flexibility index (Phi) is 3.31. The second kappa shape index (κ2) is 4.97. The molecule has 0 unspecified atom stereocenters. The summed E-state index contributed by atoms with van der Waals surface area (Å²) in [6, 6.07) is 6.89. The molecule has 19 heavy (non-hydrogen) atoms. The average molecular weight is 257 g/mol. The van der Waals surface area contributed by atoms with Crippen molar-refractivity contribution in [2.75, 3.05) is 0 Å². The first kappa shape index (κ1) is 12.7. The van der Waals surface area contributed by atoms with Crippen LogP contribution in [0.2, 0.25) is 0 Å². The van der Waals surface area contributed by atoms with Gasteiger partial charge in [-0.15, -0.1) is 0 Å². The van der Waals surface area contributed by atoms with Crippen molar-refractivity contribution >= 4 is 5.52 Å². The molecule has 0 saturated heterocycles. The molecule has 3 rings (SSSR count). The summed E-state index contributed by atoms with van der Waals surface area (Å²) in [7, 11) is 0. The third-order valence-electron chi connectivity index (χ3n) is 4.43. The number of hydrogen-bond donors (Lipinski definition) is 1. The van der Waals surface area contributed by atoms with Crippen LogP contribution in [0.1, 0.15) is 45.1 Å². The fourth-order valence-corrected chi connectivity index (χ4v) is 2.98. The summed E-state index contributed by atoms with van der Waals surface area (Å²) < 4.78 is 1.95. The molecule has 0 amide bonds. The van der Waals surface area contributed by atoms with Crippen molar-refractivity contribution in [2.24, 2.45) is 5.41 Å². The van der Waals surface area contributed by atoms with E-state index in [1.54, 1.807) is 0 Å². The molecule has 102 valence electrons. The van der Waals surface area contributed by atoms with E-state index in [0.29, 0.717) is 11.5 Å². The van der Waals surface area contributed by atoms with Gasteiger partial charge in [-0.05, 0) is 43.2 Å². The van der Waals surface area contributed by atoms with Gasteiger partial charge in [0.1, 0.15) is 0 Å². The van der Waals surface area contributed by atoms with E-state index in [1.165, 1.54) is 36.8 Å². The van der Waals surface area contributed by atoms with Gasteiger partial charge in [-0.1, -0.05) is 19.9 Å². The molecule has 1 N–H and O–H groups in total. The monoisotopic (exact) mass is 257 g/mol. The number of aromatic nitrogens is 2. The topological polar surface area (TPSA) is 29.3 Å². The summed E-state index contributed by atoms with van der Waals surface area (Å²) in [5.74, 6) is 0. The Bertz CT molecular complexity index is 546. The first-order valence-electron chi connectivity index (χ1n) is 7.29. The number of pyridine rings is 1. The molecular weight excluding hydrogens is 234 g/mol. The van der Waals surface area contributed by atoms with Crippen molar-refractivity contribution in [3.63, 3.8) is 0 Å². The van der Waals surface area contributed by atoms with Gasteiger partial charge in [0.25, 0.3) is 0 Å². The van der Waals surface area contributed by atoms with Crippen LogP contribution in [-0.4, -0.2) is 15.7 Å². The standard InChI is InChI=1S/C16H23N3/c1-16(2)8-6-14(7-9-16)17-11-13-12-18-19-10-4-3-5-15(13)19/h3-5,10,12,14,17H,6-9,11H2,1-2H3. The lowest BCUT2D eigenvalue weighted by Crippen LogP contribution is -2.35. The number of fused-ring (bicyclic) bond motifs is 1. The first-order valence-corrected chi connectivity index (χ1v) is 7.29. The van der Waals surface area contributed by atoms with E-state index in [4.69, 9.17) is 0 Å². The van der Waals surface area contributed by atoms with Gasteiger partial charge in [0.2, 0.25) is 0 Å². The quantitative estimate of drug-likeness (QED) is 0.913. The third-order valence-corrected chi connectivity index (χ3v) is 4.43. The van der Waals surface area contributed by atoms with E-state index >= 15 is 0 Å². The van der Waals surface area contributed by atoms with Crippen molar-refractivity contribution < 1.29 is 0 Å². The summed E-state index contributed by atoms with van der Waals surface area (Å²) >= 11 is 0. The van der Waals surface area contributed by atoms with Crippen LogP contribution in [0.25, 0.3) is 5.52 Å². The van der Waals surface area contributed by atoms with Crippen LogP contribution >= 0.6 is 0 Å². The van der Waals surface area contributed by atoms with Crippen LogP contribution in [0.4, 0.5) is 0 Å². The van der Waals surface area contributed by atoms with Crippen molar-refractivity contribution in [3.8, 4) is 0 Å². The summed E-state index contributed by atoms with van der Waals surface area (Å²) in [6.07, 6.45) is 9.24. The first-order chi connectivity index (χ1) is 9.14. The smallest absolute Gasteiger partial charge is 0.0706 e. The van der Waals surface area contributed by atoms with Gasteiger partial charge in [-0.25, -0.2) is 4.52 Å². The van der Waals surface area contributed by atoms with Crippen LogP contribution < -0.4 is 5.32 Å². The lowest BCUT2D eigenvalue weighted by molar-refractivity contribution is 0.206. The van der Waals surface area contributed by atoms with Crippen molar-refractivity contribution in [1.29, 1.82) is 0 Å². The molecule has 0 aromatic carbocycles. The molecular formula is C16H23N3. The van der Waals surface area contributed by atoms with Gasteiger partial charge < -0.3 is 5.32 Å². The largest absolute Gasteiger partial charge is 0.310 e. The molecule has 1 aliphatic carbocycles. The third kappa shape index (κ3) is 2.81. The highest BCUT2D eigenvalue weighted by molar-refractivity contribution is 5.53. The molecule has 0 bridgehead atoms. The summed E-state index contributed by atoms with van der Waals surface area (Å²) in [5, 5.41) is 8.08. The Balaban J connectivity index is 1.61. The van der Waals surface area contributed by atoms with E-state index in [-0.39, 0.29) is 0 Å². The van der Waals surface area contributed by atoms with Crippen LogP contribution in [-0.2, 0) is 6.54 Å². The van der Waals surface area contributed by atoms with Gasteiger partial charge in [-0.3, -0.25) is 0 Å². The lowest BCUT2D eigenvalue weighted by Gasteiger charge is -2.34. The van der Waals surface area contributed by atoms with Gasteiger partial charge in [-0.2, -0.15) is 5.10 Å². The fourth-order valence-electron chi connectivity index (χ4n) is 2.98. The Hall–Kier alpha value is -1.35. The molecule has 1 saturated carbocycles. The molecule has 2 heterocycles. The SMILES string of the molecule is CC1(C)CCC(NCc2cnn3ccccc23)CC1. The van der Waals surface area contributed by atoms with Gasteiger partial charge >= 0.3 is 0 Å². The Labute approximate surface area is 115 Å². The van der Waals surface area contributed by atoms with Gasteiger partial charge in [0.05, 0.1) is 11.7 Å². The van der Waals surface area contributed by atoms with Crippen molar-refractivity contribution in [2.45, 2.75) is 52.1 Å². The van der Waals surface area contributed by atoms with Crippen molar-refractivity contribution in [3.05, 3.63) is 36.2 Å². The maximum atomic E-state index is 4.38. The van der Waals surface area contributed by atoms with E-state index in [2.05, 4.69) is 36.4 Å². The van der Waals surface area contributed by atoms with Crippen molar-refractivity contribution in [1.82, 2.24) is 14.9 Å². The van der Waals surface area contributed by atoms with Crippen LogP contribution in [0.5, 0.6) is 0 Å². The molecule has 0 radical (unpaired) electrons. The highest BCUT2D eigenvalue weighted by Gasteiger charge is 2.26. The minimum absolute atomic E-state index is 0.544. The van der Waals surface area contributed by atoms with E-state index in [1.807, 2.05) is 23.0 Å². The molecule has 1 aliphatic rings. The molecule has 3 heteroatoms. The van der Waals surface area contributed by atoms with Crippen LogP contribution in [0, 0.1) is 5.41 Å². The molecule has 0 atom stereocenters. The molecule has 0 spiro atoms. The normalized spacial score (nSPS) is 19.9. The second-order valence-corrected chi connectivity index (χ2v) is 6.52. The average Bonchev–Trinajstić information content (AvgIpc) is 2.81. The van der Waals surface area contributed by atoms with Crippen LogP contribution in [0.3, 0.4) is 0 Å². The fraction of sp³-hybridized carbons (Fsp3) is 0.562. The summed E-state index contributed by atoms with van der Waals surface area (Å²) in [6.45, 7) is 5.70. The van der Waals surface area contributed by atoms with E-state index < -0.39 is 0 Å². The van der Waals surface area contributed by atoms with Crippen LogP contribution in [0.15, 0.2) is 30.6 Å². The highest BCUT2D eigenvalue weighted by atomic mass is 15.2. The Morgan fingerprint density at radius 2 is 2.11 bits per heavy atom. The second-order valence-electron chi connectivity index (χ2n) is 6.52. The Morgan fingerprint density at radius 3 is 2.89 bits per heavy atom. The summed E-state index contributed by atoms with van der Waals surface area (Å²) in [4.78, 5) is 0. The maximum absolute atomic E-state index is 4.38. The van der Waals surface area contributed by atoms with Gasteiger partial charge in [0.15, 0.2) is 0 Å². The van der Waals surface area contributed by atoms with E-state index in [0.717, 1.165) is 6.54 Å². The number of hydrogen-bond acceptors (Lipinski definition) is 2. The van der Waals surface area contributed by atoms with Gasteiger partial charge in [0, 0.05) is 24.3 Å².